The van der Waals surface area contributed by atoms with Crippen LogP contribution in [0.25, 0.3) is 0 Å². The van der Waals surface area contributed by atoms with Gasteiger partial charge in [0.25, 0.3) is 8.32 Å². The Hall–Kier alpha value is -1.50. The normalized spacial score (nSPS) is 22.1. The maximum absolute atomic E-state index is 10.9. The molecular weight excluding hydrogens is 392 g/mol. The van der Waals surface area contributed by atoms with E-state index in [1.165, 1.54) is 10.4 Å². The Morgan fingerprint density at radius 1 is 0.900 bits per heavy atom. The first-order chi connectivity index (χ1) is 14.3. The minimum atomic E-state index is -2.67. The number of aliphatic hydroxyl groups excluding tert-OH is 2. The summed E-state index contributed by atoms with van der Waals surface area (Å²) < 4.78 is 12.8. The van der Waals surface area contributed by atoms with Gasteiger partial charge in [-0.05, 0) is 34.7 Å². The van der Waals surface area contributed by atoms with Gasteiger partial charge in [0.1, 0.15) is 6.10 Å². The van der Waals surface area contributed by atoms with Gasteiger partial charge in [-0.25, -0.2) is 0 Å². The van der Waals surface area contributed by atoms with Crippen LogP contribution in [-0.2, 0) is 9.16 Å². The maximum atomic E-state index is 10.9. The van der Waals surface area contributed by atoms with Crippen molar-refractivity contribution in [3.8, 4) is 0 Å². The van der Waals surface area contributed by atoms with E-state index >= 15 is 0 Å². The van der Waals surface area contributed by atoms with Gasteiger partial charge < -0.3 is 19.4 Å². The van der Waals surface area contributed by atoms with Crippen LogP contribution in [0.15, 0.2) is 60.7 Å². The molecule has 0 aliphatic carbocycles. The fraction of sp³-hybridized carbons (Fsp3) is 0.520. The molecule has 1 aliphatic heterocycles. The summed E-state index contributed by atoms with van der Waals surface area (Å²) in [6, 6.07) is 20.9. The Kier molecular flexibility index (Phi) is 7.53. The lowest BCUT2D eigenvalue weighted by Crippen LogP contribution is -2.67. The Morgan fingerprint density at radius 3 is 1.80 bits per heavy atom. The molecule has 1 saturated heterocycles. The van der Waals surface area contributed by atoms with Crippen molar-refractivity contribution in [3.05, 3.63) is 60.7 Å². The predicted molar refractivity (Wildman–Crippen MR) is 124 cm³/mol. The van der Waals surface area contributed by atoms with Crippen molar-refractivity contribution >= 4 is 18.7 Å². The van der Waals surface area contributed by atoms with Crippen LogP contribution in [0.3, 0.4) is 0 Å². The van der Waals surface area contributed by atoms with Crippen LogP contribution in [-0.4, -0.2) is 49.6 Å². The number of aliphatic hydroxyl groups is 2. The molecule has 0 bridgehead atoms. The molecule has 30 heavy (non-hydrogen) atoms. The summed E-state index contributed by atoms with van der Waals surface area (Å²) in [5, 5.41) is 23.3. The lowest BCUT2D eigenvalue weighted by molar-refractivity contribution is -0.0844. The van der Waals surface area contributed by atoms with E-state index in [1.54, 1.807) is 0 Å². The number of ether oxygens (including phenoxy) is 1. The zero-order valence-corrected chi connectivity index (χ0v) is 19.6. The molecule has 164 valence electrons. The highest BCUT2D eigenvalue weighted by Crippen LogP contribution is 2.37. The van der Waals surface area contributed by atoms with E-state index in [4.69, 9.17) is 9.16 Å². The summed E-state index contributed by atoms with van der Waals surface area (Å²) in [7, 11) is -2.67. The molecule has 2 N–H and O–H groups in total. The first-order valence-corrected chi connectivity index (χ1v) is 13.0. The predicted octanol–water partition coefficient (Wildman–Crippen LogP) is 3.24. The van der Waals surface area contributed by atoms with Gasteiger partial charge in [-0.3, -0.25) is 0 Å². The van der Waals surface area contributed by atoms with Gasteiger partial charge in [-0.1, -0.05) is 88.4 Å². The first-order valence-electron chi connectivity index (χ1n) is 11.1. The maximum Gasteiger partial charge on any atom is 0.261 e. The third-order valence-electron chi connectivity index (χ3n) is 6.25. The van der Waals surface area contributed by atoms with E-state index < -0.39 is 20.5 Å². The van der Waals surface area contributed by atoms with Gasteiger partial charge in [0, 0.05) is 0 Å². The summed E-state index contributed by atoms with van der Waals surface area (Å²) >= 11 is 0. The van der Waals surface area contributed by atoms with Crippen LogP contribution >= 0.6 is 0 Å². The molecule has 4 nitrogen and oxygen atoms in total. The minimum Gasteiger partial charge on any atom is -0.405 e. The molecule has 2 aromatic rings. The van der Waals surface area contributed by atoms with Crippen molar-refractivity contribution in [3.63, 3.8) is 0 Å². The molecule has 1 heterocycles. The van der Waals surface area contributed by atoms with Gasteiger partial charge >= 0.3 is 0 Å². The van der Waals surface area contributed by atoms with Crippen molar-refractivity contribution in [2.24, 2.45) is 0 Å². The molecular formula is C25H36O4Si. The Bertz CT molecular complexity index is 735. The van der Waals surface area contributed by atoms with Crippen molar-refractivity contribution in [1.82, 2.24) is 0 Å². The first kappa shape index (κ1) is 23.2. The molecule has 0 aromatic heterocycles. The number of hydrogen-bond acceptors (Lipinski definition) is 4. The van der Waals surface area contributed by atoms with Crippen LogP contribution < -0.4 is 10.4 Å². The van der Waals surface area contributed by atoms with Crippen LogP contribution in [0.2, 0.25) is 5.04 Å². The van der Waals surface area contributed by atoms with Gasteiger partial charge in [-0.2, -0.15) is 0 Å². The van der Waals surface area contributed by atoms with E-state index in [0.717, 1.165) is 12.8 Å². The molecule has 0 saturated carbocycles. The molecule has 3 rings (SSSR count). The second-order valence-corrected chi connectivity index (χ2v) is 13.6. The highest BCUT2D eigenvalue weighted by molar-refractivity contribution is 6.99. The lowest BCUT2D eigenvalue weighted by Gasteiger charge is -2.43. The van der Waals surface area contributed by atoms with E-state index in [0.29, 0.717) is 6.42 Å². The SMILES string of the molecule is CC[C@@H](O)[C@H]1CC[C@@H]([C@@H](O)CO[Si](c2ccccc2)(c2ccccc2)C(C)(C)C)O1. The molecule has 0 radical (unpaired) electrons. The van der Waals surface area contributed by atoms with Crippen LogP contribution in [0.4, 0.5) is 0 Å². The Balaban J connectivity index is 1.87. The molecule has 5 heteroatoms. The molecule has 0 unspecified atom stereocenters. The zero-order valence-electron chi connectivity index (χ0n) is 18.6. The second-order valence-electron chi connectivity index (χ2n) is 9.31. The van der Waals surface area contributed by atoms with Crippen LogP contribution in [0, 0.1) is 0 Å². The standard InChI is InChI=1S/C25H36O4Si/c1-5-21(26)23-16-17-24(29-23)22(27)18-28-30(25(2,3)4,19-12-8-6-9-13-19)20-14-10-7-11-15-20/h6-15,21-24,26-27H,5,16-18H2,1-4H3/t21-,22+,23-,24+/m1/s1. The van der Waals surface area contributed by atoms with E-state index in [1.807, 2.05) is 19.1 Å². The van der Waals surface area contributed by atoms with Gasteiger partial charge in [0.2, 0.25) is 0 Å². The summed E-state index contributed by atoms with van der Waals surface area (Å²) in [4.78, 5) is 0. The number of rotatable bonds is 8. The molecule has 1 fully saturated rings. The van der Waals surface area contributed by atoms with Crippen molar-refractivity contribution in [1.29, 1.82) is 0 Å². The van der Waals surface area contributed by atoms with Crippen molar-refractivity contribution in [2.45, 2.75) is 76.4 Å². The summed E-state index contributed by atoms with van der Waals surface area (Å²) in [6.07, 6.45) is 0.493. The van der Waals surface area contributed by atoms with Gasteiger partial charge in [0.15, 0.2) is 0 Å². The monoisotopic (exact) mass is 428 g/mol. The molecule has 4 atom stereocenters. The minimum absolute atomic E-state index is 0.132. The highest BCUT2D eigenvalue weighted by Gasteiger charge is 2.50. The largest absolute Gasteiger partial charge is 0.405 e. The Morgan fingerprint density at radius 2 is 1.37 bits per heavy atom. The van der Waals surface area contributed by atoms with Crippen molar-refractivity contribution < 1.29 is 19.4 Å². The molecule has 1 aliphatic rings. The second kappa shape index (κ2) is 9.75. The molecule has 0 amide bonds. The summed E-state index contributed by atoms with van der Waals surface area (Å²) in [5.41, 5.74) is 0. The van der Waals surface area contributed by atoms with E-state index in [9.17, 15) is 10.2 Å². The Labute approximate surface area is 182 Å². The average Bonchev–Trinajstić information content (AvgIpc) is 3.24. The topological polar surface area (TPSA) is 58.9 Å². The summed E-state index contributed by atoms with van der Waals surface area (Å²) in [6.45, 7) is 8.85. The zero-order chi connectivity index (χ0) is 21.8. The third kappa shape index (κ3) is 4.71. The fourth-order valence-electron chi connectivity index (χ4n) is 4.60. The highest BCUT2D eigenvalue weighted by atomic mass is 28.4. The average molecular weight is 429 g/mol. The van der Waals surface area contributed by atoms with Gasteiger partial charge in [0.05, 0.1) is 24.9 Å². The van der Waals surface area contributed by atoms with E-state index in [-0.39, 0.29) is 23.9 Å². The molecule has 2 aromatic carbocycles. The quantitative estimate of drug-likeness (QED) is 0.634. The number of hydrogen-bond donors (Lipinski definition) is 2. The lowest BCUT2D eigenvalue weighted by atomic mass is 10.1. The van der Waals surface area contributed by atoms with Crippen LogP contribution in [0.5, 0.6) is 0 Å². The number of benzene rings is 2. The smallest absolute Gasteiger partial charge is 0.261 e. The van der Waals surface area contributed by atoms with E-state index in [2.05, 4.69) is 69.3 Å². The fourth-order valence-corrected chi connectivity index (χ4v) is 9.17. The summed E-state index contributed by atoms with van der Waals surface area (Å²) in [5.74, 6) is 0. The van der Waals surface area contributed by atoms with Crippen LogP contribution in [0.1, 0.15) is 47.0 Å². The molecule has 0 spiro atoms. The third-order valence-corrected chi connectivity index (χ3v) is 11.3. The van der Waals surface area contributed by atoms with Crippen molar-refractivity contribution in [2.75, 3.05) is 6.61 Å². The van der Waals surface area contributed by atoms with Gasteiger partial charge in [-0.15, -0.1) is 0 Å².